The number of aliphatic hydroxyl groups excluding tert-OH is 2. The van der Waals surface area contributed by atoms with Crippen molar-refractivity contribution in [3.05, 3.63) is 51.5 Å². The van der Waals surface area contributed by atoms with Crippen LogP contribution < -0.4 is 5.46 Å². The normalized spacial score (nSPS) is 22.0. The Hall–Kier alpha value is -1.45. The van der Waals surface area contributed by atoms with Crippen LogP contribution in [0, 0.1) is 11.6 Å². The third kappa shape index (κ3) is 9.98. The van der Waals surface area contributed by atoms with Gasteiger partial charge < -0.3 is 38.1 Å². The van der Waals surface area contributed by atoms with Gasteiger partial charge in [0.2, 0.25) is 0 Å². The van der Waals surface area contributed by atoms with Gasteiger partial charge in [0.25, 0.3) is 0 Å². The first-order valence-electron chi connectivity index (χ1n) is 17.1. The lowest BCUT2D eigenvalue weighted by molar-refractivity contribution is 0.00578. The molecule has 302 valence electrons. The van der Waals surface area contributed by atoms with Gasteiger partial charge in [-0.2, -0.15) is 0 Å². The third-order valence-corrected chi connectivity index (χ3v) is 13.5. The van der Waals surface area contributed by atoms with Crippen molar-refractivity contribution in [3.8, 4) is 0 Å². The van der Waals surface area contributed by atoms with Gasteiger partial charge in [0.15, 0.2) is 19.7 Å². The summed E-state index contributed by atoms with van der Waals surface area (Å²) < 4.78 is 109. The molecule has 0 bridgehead atoms. The van der Waals surface area contributed by atoms with Gasteiger partial charge in [-0.25, -0.2) is 25.6 Å². The van der Waals surface area contributed by atoms with Gasteiger partial charge >= 0.3 is 21.1 Å². The van der Waals surface area contributed by atoms with Crippen LogP contribution in [-0.2, 0) is 60.8 Å². The van der Waals surface area contributed by atoms with Crippen molar-refractivity contribution >= 4 is 62.2 Å². The van der Waals surface area contributed by atoms with Crippen LogP contribution in [0.3, 0.4) is 0 Å². The summed E-state index contributed by atoms with van der Waals surface area (Å²) in [4.78, 5) is -0.438. The number of halogens is 3. The Kier molecular flexibility index (Phi) is 13.7. The van der Waals surface area contributed by atoms with Crippen molar-refractivity contribution in [1.29, 1.82) is 0 Å². The van der Waals surface area contributed by atoms with Crippen LogP contribution in [-0.4, -0.2) is 94.3 Å². The molecule has 3 fully saturated rings. The summed E-state index contributed by atoms with van der Waals surface area (Å²) in [7, 11) is -9.03. The van der Waals surface area contributed by atoms with Crippen LogP contribution in [0.2, 0.25) is 0 Å². The molecule has 12 nitrogen and oxygen atoms in total. The Morgan fingerprint density at radius 1 is 0.556 bits per heavy atom. The average Bonchev–Trinajstić information content (AvgIpc) is 3.45. The van der Waals surface area contributed by atoms with E-state index in [1.165, 1.54) is 12.1 Å². The van der Waals surface area contributed by atoms with E-state index in [1.807, 2.05) is 83.1 Å². The van der Waals surface area contributed by atoms with Crippen molar-refractivity contribution in [2.45, 2.75) is 140 Å². The van der Waals surface area contributed by atoms with Crippen LogP contribution in [0.1, 0.15) is 94.2 Å². The Morgan fingerprint density at radius 3 is 1.17 bits per heavy atom. The summed E-state index contributed by atoms with van der Waals surface area (Å²) in [6.45, 7) is 22.3. The Bertz CT molecular complexity index is 1860. The van der Waals surface area contributed by atoms with Crippen molar-refractivity contribution in [1.82, 2.24) is 0 Å². The molecule has 3 aliphatic rings. The Balaban J connectivity index is 0.000000224. The maximum absolute atomic E-state index is 14.1. The van der Waals surface area contributed by atoms with E-state index in [0.717, 1.165) is 24.6 Å². The minimum Gasteiger partial charge on any atom is -0.405 e. The highest BCUT2D eigenvalue weighted by Gasteiger charge is 2.63. The van der Waals surface area contributed by atoms with E-state index in [2.05, 4.69) is 15.9 Å². The lowest BCUT2D eigenvalue weighted by Gasteiger charge is -2.32. The minimum absolute atomic E-state index is 0.188. The molecule has 20 heteroatoms. The van der Waals surface area contributed by atoms with Gasteiger partial charge in [0.05, 0.1) is 56.6 Å². The molecule has 0 unspecified atom stereocenters. The fraction of sp³-hybridized carbons (Fsp3) is 0.647. The molecule has 0 spiro atoms. The lowest BCUT2D eigenvalue weighted by Crippen LogP contribution is -2.41. The first kappa shape index (κ1) is 46.9. The standard InChI is InChI=1S/C14H20BFO5S.C12H24B2O4.C8H8BrFO3S/c1-13(2)14(3,4)21-15(20-13)9-6-11(16)10(8-17)12(7-9)22(5,18)19;1-9(2)10(3,4)16-13(15-9)14-17-11(5,6)12(7,8)18-14;1-14(12,13)8-3-5(9)2-7(10)6(8)4-11/h6-7,17H,8H2,1-5H3;1-8H3;2-3,11H,4H2,1H3. The lowest BCUT2D eigenvalue weighted by atomic mass is 9.49. The van der Waals surface area contributed by atoms with Crippen LogP contribution >= 0.6 is 15.9 Å². The van der Waals surface area contributed by atoms with E-state index < -0.39 is 76.9 Å². The van der Waals surface area contributed by atoms with Crippen LogP contribution in [0.15, 0.2) is 38.5 Å². The maximum atomic E-state index is 14.1. The second-order valence-corrected chi connectivity index (χ2v) is 21.4. The molecule has 2 N–H and O–H groups in total. The second-order valence-electron chi connectivity index (χ2n) is 16.5. The topological polar surface area (TPSA) is 164 Å². The molecule has 0 saturated carbocycles. The number of aliphatic hydroxyl groups is 2. The summed E-state index contributed by atoms with van der Waals surface area (Å²) in [6, 6.07) is 4.82. The zero-order chi connectivity index (χ0) is 41.8. The predicted molar refractivity (Wildman–Crippen MR) is 206 cm³/mol. The van der Waals surface area contributed by atoms with Crippen LogP contribution in [0.25, 0.3) is 0 Å². The highest BCUT2D eigenvalue weighted by molar-refractivity contribution is 9.10. The SMILES string of the molecule is CC1(C)OB(B2OC(C)(C)C(C)(C)O2)OC1(C)C.CC1(C)OB(c2cc(F)c(CO)c(S(C)(=O)=O)c2)OC1(C)C.CS(=O)(=O)c1cc(Br)cc(F)c1CO. The number of rotatable bonds is 6. The molecule has 0 aromatic heterocycles. The first-order chi connectivity index (χ1) is 24.1. The maximum Gasteiger partial charge on any atom is 0.494 e. The third-order valence-electron chi connectivity index (χ3n) is 10.7. The number of hydrogen-bond donors (Lipinski definition) is 2. The summed E-state index contributed by atoms with van der Waals surface area (Å²) in [5.74, 6) is -1.53. The molecule has 0 atom stereocenters. The minimum atomic E-state index is -3.69. The molecule has 0 radical (unpaired) electrons. The molecule has 3 aliphatic heterocycles. The summed E-state index contributed by atoms with van der Waals surface area (Å²) in [5, 5.41) is 18.1. The molecular weight excluding hydrogens is 815 g/mol. The molecule has 5 rings (SSSR count). The van der Waals surface area contributed by atoms with Gasteiger partial charge in [-0.3, -0.25) is 0 Å². The highest BCUT2D eigenvalue weighted by atomic mass is 79.9. The number of benzene rings is 2. The molecular formula is C34H52B3BrF2O12S2. The summed E-state index contributed by atoms with van der Waals surface area (Å²) in [6.07, 6.45) is 1.93. The zero-order valence-corrected chi connectivity index (χ0v) is 36.6. The summed E-state index contributed by atoms with van der Waals surface area (Å²) in [5.41, 5.74) is -2.85. The van der Waals surface area contributed by atoms with Crippen molar-refractivity contribution in [3.63, 3.8) is 0 Å². The largest absolute Gasteiger partial charge is 0.494 e. The number of sulfone groups is 2. The fourth-order valence-corrected chi connectivity index (χ4v) is 7.79. The molecule has 3 saturated heterocycles. The highest BCUT2D eigenvalue weighted by Crippen LogP contribution is 2.43. The van der Waals surface area contributed by atoms with E-state index in [9.17, 15) is 30.7 Å². The van der Waals surface area contributed by atoms with E-state index in [1.54, 1.807) is 0 Å². The van der Waals surface area contributed by atoms with Crippen molar-refractivity contribution in [2.24, 2.45) is 0 Å². The van der Waals surface area contributed by atoms with E-state index in [4.69, 9.17) is 33.0 Å². The van der Waals surface area contributed by atoms with Crippen LogP contribution in [0.4, 0.5) is 8.78 Å². The molecule has 54 heavy (non-hydrogen) atoms. The van der Waals surface area contributed by atoms with Gasteiger partial charge in [0, 0.05) is 28.1 Å². The monoisotopic (exact) mass is 866 g/mol. The van der Waals surface area contributed by atoms with Gasteiger partial charge in [-0.1, -0.05) is 15.9 Å². The smallest absolute Gasteiger partial charge is 0.405 e. The second kappa shape index (κ2) is 15.7. The molecule has 3 heterocycles. The first-order valence-corrected chi connectivity index (χ1v) is 21.7. The molecule has 2 aromatic carbocycles. The van der Waals surface area contributed by atoms with Crippen molar-refractivity contribution < 1.29 is 63.8 Å². The van der Waals surface area contributed by atoms with Gasteiger partial charge in [-0.05, 0) is 113 Å². The Labute approximate surface area is 328 Å². The molecule has 0 amide bonds. The Morgan fingerprint density at radius 2 is 0.852 bits per heavy atom. The number of hydrogen-bond acceptors (Lipinski definition) is 12. The van der Waals surface area contributed by atoms with Gasteiger partial charge in [-0.15, -0.1) is 0 Å². The molecule has 0 aliphatic carbocycles. The quantitative estimate of drug-likeness (QED) is 0.384. The van der Waals surface area contributed by atoms with E-state index in [0.29, 0.717) is 4.47 Å². The average molecular weight is 867 g/mol. The molecule has 2 aromatic rings. The van der Waals surface area contributed by atoms with Crippen LogP contribution in [0.5, 0.6) is 0 Å². The fourth-order valence-electron chi connectivity index (χ4n) is 5.29. The summed E-state index contributed by atoms with van der Waals surface area (Å²) >= 11 is 2.98. The predicted octanol–water partition coefficient (Wildman–Crippen LogP) is 4.75. The van der Waals surface area contributed by atoms with Gasteiger partial charge in [0.1, 0.15) is 11.6 Å². The van der Waals surface area contributed by atoms with Crippen molar-refractivity contribution in [2.75, 3.05) is 12.5 Å². The van der Waals surface area contributed by atoms with E-state index in [-0.39, 0.29) is 48.8 Å². The zero-order valence-electron chi connectivity index (χ0n) is 33.4. The van der Waals surface area contributed by atoms with E-state index >= 15 is 0 Å².